The lowest BCUT2D eigenvalue weighted by atomic mass is 9.95. The average Bonchev–Trinajstić information content (AvgIpc) is 3.35. The smallest absolute Gasteiger partial charge is 0.301 e. The fourth-order valence-electron chi connectivity index (χ4n) is 3.29. The van der Waals surface area contributed by atoms with Crippen molar-refractivity contribution in [1.29, 1.82) is 0 Å². The van der Waals surface area contributed by atoms with Crippen molar-refractivity contribution in [1.82, 2.24) is 10.2 Å². The summed E-state index contributed by atoms with van der Waals surface area (Å²) in [6.07, 6.45) is 0. The van der Waals surface area contributed by atoms with Gasteiger partial charge in [0.05, 0.1) is 16.5 Å². The van der Waals surface area contributed by atoms with E-state index in [2.05, 4.69) is 10.2 Å². The summed E-state index contributed by atoms with van der Waals surface area (Å²) in [5.74, 6) is -2.16. The highest BCUT2D eigenvalue weighted by molar-refractivity contribution is 7.13. The van der Waals surface area contributed by atoms with Crippen molar-refractivity contribution in [2.45, 2.75) is 13.0 Å². The second kappa shape index (κ2) is 7.48. The van der Waals surface area contributed by atoms with Crippen LogP contribution in [0.25, 0.3) is 5.76 Å². The maximum absolute atomic E-state index is 12.9. The molecule has 1 aromatic heterocycles. The van der Waals surface area contributed by atoms with E-state index in [0.717, 1.165) is 21.8 Å². The number of ketones is 1. The van der Waals surface area contributed by atoms with Crippen molar-refractivity contribution in [3.63, 3.8) is 0 Å². The number of hydrogen-bond donors (Lipinski definition) is 1. The first-order valence-electron chi connectivity index (χ1n) is 8.77. The van der Waals surface area contributed by atoms with E-state index in [1.54, 1.807) is 30.3 Å². The molecule has 2 heterocycles. The largest absolute Gasteiger partial charge is 0.507 e. The Kier molecular flexibility index (Phi) is 4.84. The Morgan fingerprint density at radius 3 is 2.57 bits per heavy atom. The molecule has 1 amide bonds. The molecule has 9 nitrogen and oxygen atoms in total. The first kappa shape index (κ1) is 19.4. The number of carbonyl (C=O) groups is 2. The van der Waals surface area contributed by atoms with Crippen LogP contribution in [0, 0.1) is 17.0 Å². The number of nitrogens with zero attached hydrogens (tertiary/aromatic N) is 4. The molecule has 1 unspecified atom stereocenters. The molecule has 10 heteroatoms. The zero-order valence-electron chi connectivity index (χ0n) is 15.6. The maximum Gasteiger partial charge on any atom is 0.301 e. The average molecular weight is 422 g/mol. The summed E-state index contributed by atoms with van der Waals surface area (Å²) in [5, 5.41) is 29.9. The van der Waals surface area contributed by atoms with Gasteiger partial charge in [0, 0.05) is 17.7 Å². The monoisotopic (exact) mass is 422 g/mol. The number of benzene rings is 2. The molecule has 0 bridgehead atoms. The van der Waals surface area contributed by atoms with Crippen LogP contribution < -0.4 is 4.90 Å². The van der Waals surface area contributed by atoms with Crippen molar-refractivity contribution in [2.75, 3.05) is 4.90 Å². The Labute approximate surface area is 174 Å². The molecule has 0 spiro atoms. The Balaban J connectivity index is 1.95. The van der Waals surface area contributed by atoms with Gasteiger partial charge in [-0.15, -0.1) is 10.2 Å². The first-order valence-corrected chi connectivity index (χ1v) is 9.65. The Bertz CT molecular complexity index is 1190. The third kappa shape index (κ3) is 3.22. The lowest BCUT2D eigenvalue weighted by Crippen LogP contribution is -2.29. The maximum atomic E-state index is 12.9. The van der Waals surface area contributed by atoms with Gasteiger partial charge in [-0.05, 0) is 12.5 Å². The van der Waals surface area contributed by atoms with E-state index in [4.69, 9.17) is 0 Å². The summed E-state index contributed by atoms with van der Waals surface area (Å²) in [5.41, 5.74) is 2.64. The topological polar surface area (TPSA) is 127 Å². The third-order valence-electron chi connectivity index (χ3n) is 4.72. The highest BCUT2D eigenvalue weighted by atomic mass is 32.1. The predicted molar refractivity (Wildman–Crippen MR) is 109 cm³/mol. The lowest BCUT2D eigenvalue weighted by Gasteiger charge is -2.22. The van der Waals surface area contributed by atoms with Gasteiger partial charge in [-0.25, -0.2) is 0 Å². The van der Waals surface area contributed by atoms with Gasteiger partial charge in [0.15, 0.2) is 0 Å². The minimum Gasteiger partial charge on any atom is -0.507 e. The SMILES string of the molecule is Cc1ccc(/C(O)=C2/C(=O)C(=O)N(c3nncs3)C2c2cccc([N+](=O)[O-])c2)cc1. The summed E-state index contributed by atoms with van der Waals surface area (Å²) in [4.78, 5) is 37.5. The van der Waals surface area contributed by atoms with Gasteiger partial charge in [-0.2, -0.15) is 0 Å². The van der Waals surface area contributed by atoms with Crippen molar-refractivity contribution < 1.29 is 19.6 Å². The molecular formula is C20H14N4O5S. The number of nitro groups is 1. The Hall–Kier alpha value is -3.92. The number of anilines is 1. The van der Waals surface area contributed by atoms with E-state index < -0.39 is 22.7 Å². The van der Waals surface area contributed by atoms with Gasteiger partial charge < -0.3 is 5.11 Å². The van der Waals surface area contributed by atoms with E-state index in [0.29, 0.717) is 11.1 Å². The van der Waals surface area contributed by atoms with Crippen molar-refractivity contribution in [2.24, 2.45) is 0 Å². The fourth-order valence-corrected chi connectivity index (χ4v) is 3.88. The van der Waals surface area contributed by atoms with Crippen LogP contribution in [0.1, 0.15) is 22.7 Å². The van der Waals surface area contributed by atoms with E-state index >= 15 is 0 Å². The molecule has 1 aliphatic heterocycles. The molecule has 4 rings (SSSR count). The van der Waals surface area contributed by atoms with Gasteiger partial charge in [0.25, 0.3) is 11.5 Å². The van der Waals surface area contributed by atoms with Crippen LogP contribution in [0.15, 0.2) is 59.6 Å². The minimum absolute atomic E-state index is 0.150. The first-order chi connectivity index (χ1) is 14.4. The molecule has 2 aromatic carbocycles. The van der Waals surface area contributed by atoms with E-state index in [1.807, 2.05) is 6.92 Å². The number of amides is 1. The van der Waals surface area contributed by atoms with Gasteiger partial charge in [-0.3, -0.25) is 24.6 Å². The number of aromatic nitrogens is 2. The van der Waals surface area contributed by atoms with E-state index in [9.17, 15) is 24.8 Å². The number of carbonyl (C=O) groups excluding carboxylic acids is 2. The van der Waals surface area contributed by atoms with Gasteiger partial charge in [0.1, 0.15) is 11.3 Å². The molecule has 30 heavy (non-hydrogen) atoms. The lowest BCUT2D eigenvalue weighted by molar-refractivity contribution is -0.384. The standard InChI is InChI=1S/C20H14N4O5S/c1-11-5-7-12(8-6-11)17(25)15-16(13-3-2-4-14(9-13)24(28)29)23(19(27)18(15)26)20-22-21-10-30-20/h2-10,16,25H,1H3/b17-15-. The summed E-state index contributed by atoms with van der Waals surface area (Å²) >= 11 is 1.04. The molecule has 1 atom stereocenters. The molecule has 1 fully saturated rings. The molecule has 0 saturated carbocycles. The normalized spacial score (nSPS) is 18.0. The van der Waals surface area contributed by atoms with Crippen LogP contribution in [-0.4, -0.2) is 31.9 Å². The number of nitro benzene ring substituents is 1. The third-order valence-corrected chi connectivity index (χ3v) is 5.41. The molecule has 0 aliphatic carbocycles. The molecule has 3 aromatic rings. The second-order valence-electron chi connectivity index (χ2n) is 6.61. The van der Waals surface area contributed by atoms with Gasteiger partial charge >= 0.3 is 5.91 Å². The molecule has 0 radical (unpaired) electrons. The summed E-state index contributed by atoms with van der Waals surface area (Å²) < 4.78 is 0. The highest BCUT2D eigenvalue weighted by Gasteiger charge is 2.48. The van der Waals surface area contributed by atoms with Crippen LogP contribution >= 0.6 is 11.3 Å². The van der Waals surface area contributed by atoms with Crippen LogP contribution in [0.5, 0.6) is 0 Å². The van der Waals surface area contributed by atoms with Crippen LogP contribution in [0.2, 0.25) is 0 Å². The highest BCUT2D eigenvalue weighted by Crippen LogP contribution is 2.43. The van der Waals surface area contributed by atoms with Crippen LogP contribution in [0.3, 0.4) is 0 Å². The Morgan fingerprint density at radius 2 is 1.93 bits per heavy atom. The number of aliphatic hydroxyl groups is 1. The molecule has 150 valence electrons. The molecule has 1 saturated heterocycles. The Morgan fingerprint density at radius 1 is 1.20 bits per heavy atom. The summed E-state index contributed by atoms with van der Waals surface area (Å²) in [6.45, 7) is 1.88. The van der Waals surface area contributed by atoms with Gasteiger partial charge in [0.2, 0.25) is 5.13 Å². The number of Topliss-reactive ketones (excluding diaryl/α,β-unsaturated/α-hetero) is 1. The fraction of sp³-hybridized carbons (Fsp3) is 0.100. The molecule has 1 aliphatic rings. The quantitative estimate of drug-likeness (QED) is 0.224. The number of hydrogen-bond acceptors (Lipinski definition) is 8. The number of aryl methyl sites for hydroxylation is 1. The minimum atomic E-state index is -1.08. The summed E-state index contributed by atoms with van der Waals surface area (Å²) in [6, 6.07) is 11.3. The summed E-state index contributed by atoms with van der Waals surface area (Å²) in [7, 11) is 0. The number of non-ortho nitro benzene ring substituents is 1. The zero-order chi connectivity index (χ0) is 21.4. The molecular weight excluding hydrogens is 408 g/mol. The number of aliphatic hydroxyl groups excluding tert-OH is 1. The second-order valence-corrected chi connectivity index (χ2v) is 7.42. The van der Waals surface area contributed by atoms with Crippen LogP contribution in [0.4, 0.5) is 10.8 Å². The van der Waals surface area contributed by atoms with Crippen molar-refractivity contribution >= 4 is 39.6 Å². The van der Waals surface area contributed by atoms with E-state index in [1.165, 1.54) is 23.7 Å². The van der Waals surface area contributed by atoms with E-state index in [-0.39, 0.29) is 22.2 Å². The zero-order valence-corrected chi connectivity index (χ0v) is 16.4. The number of rotatable bonds is 4. The molecule has 1 N–H and O–H groups in total. The van der Waals surface area contributed by atoms with Crippen LogP contribution in [-0.2, 0) is 9.59 Å². The van der Waals surface area contributed by atoms with Gasteiger partial charge in [-0.1, -0.05) is 53.3 Å². The van der Waals surface area contributed by atoms with Crippen molar-refractivity contribution in [3.05, 3.63) is 86.4 Å². The predicted octanol–water partition coefficient (Wildman–Crippen LogP) is 3.38. The van der Waals surface area contributed by atoms with Crippen molar-refractivity contribution in [3.8, 4) is 0 Å².